The van der Waals surface area contributed by atoms with E-state index in [1.165, 1.54) is 25.3 Å². The van der Waals surface area contributed by atoms with Crippen LogP contribution in [0.5, 0.6) is 23.0 Å². The van der Waals surface area contributed by atoms with Crippen molar-refractivity contribution in [3.05, 3.63) is 114 Å². The molecule has 1 fully saturated rings. The van der Waals surface area contributed by atoms with Crippen LogP contribution in [0.4, 0.5) is 15.8 Å². The van der Waals surface area contributed by atoms with Gasteiger partial charge in [-0.1, -0.05) is 48.0 Å². The van der Waals surface area contributed by atoms with Gasteiger partial charge in [-0.2, -0.15) is 0 Å². The van der Waals surface area contributed by atoms with Gasteiger partial charge in [-0.05, 0) is 61.7 Å². The number of pyridine rings is 1. The van der Waals surface area contributed by atoms with Crippen molar-refractivity contribution in [2.24, 2.45) is 5.41 Å². The largest absolute Gasteiger partial charge is 0.493 e. The Bertz CT molecular complexity index is 1840. The zero-order valence-corrected chi connectivity index (χ0v) is 24.2. The SMILES string of the molecule is COc1cc2c(Oc3ccc(NC(=O)C4(C(=O)Nc5ccc(C)cc5)CC4)cc3F)ccnc2cc1OCc1ccccc1. The molecule has 1 aliphatic carbocycles. The van der Waals surface area contributed by atoms with Crippen LogP contribution in [0.15, 0.2) is 97.2 Å². The number of aromatic nitrogens is 1. The van der Waals surface area contributed by atoms with Gasteiger partial charge in [0.25, 0.3) is 0 Å². The molecule has 6 rings (SSSR count). The summed E-state index contributed by atoms with van der Waals surface area (Å²) in [6.45, 7) is 2.30. The van der Waals surface area contributed by atoms with Gasteiger partial charge in [0.2, 0.25) is 11.8 Å². The van der Waals surface area contributed by atoms with E-state index in [1.54, 1.807) is 36.5 Å². The van der Waals surface area contributed by atoms with Crippen molar-refractivity contribution < 1.29 is 28.2 Å². The maximum Gasteiger partial charge on any atom is 0.240 e. The normalized spacial score (nSPS) is 13.2. The number of amides is 2. The number of carbonyl (C=O) groups excluding carboxylic acids is 2. The van der Waals surface area contributed by atoms with Gasteiger partial charge in [-0.3, -0.25) is 14.6 Å². The molecular formula is C35H30FN3O5. The van der Waals surface area contributed by atoms with E-state index in [0.717, 1.165) is 11.1 Å². The molecule has 0 radical (unpaired) electrons. The van der Waals surface area contributed by atoms with Crippen molar-refractivity contribution >= 4 is 34.1 Å². The van der Waals surface area contributed by atoms with Crippen LogP contribution in [0.2, 0.25) is 0 Å². The summed E-state index contributed by atoms with van der Waals surface area (Å²) >= 11 is 0. The van der Waals surface area contributed by atoms with Crippen LogP contribution in [0, 0.1) is 18.2 Å². The Morgan fingerprint density at radius 2 is 1.52 bits per heavy atom. The molecule has 0 saturated heterocycles. The second-order valence-corrected chi connectivity index (χ2v) is 10.7. The molecule has 5 aromatic rings. The molecule has 2 amide bonds. The predicted octanol–water partition coefficient (Wildman–Crippen LogP) is 7.42. The van der Waals surface area contributed by atoms with Gasteiger partial charge in [0.05, 0.1) is 12.6 Å². The van der Waals surface area contributed by atoms with Gasteiger partial charge in [-0.15, -0.1) is 0 Å². The van der Waals surface area contributed by atoms with Crippen molar-refractivity contribution in [2.45, 2.75) is 26.4 Å². The summed E-state index contributed by atoms with van der Waals surface area (Å²) in [5, 5.41) is 6.10. The maximum atomic E-state index is 15.2. The fraction of sp³-hybridized carbons (Fsp3) is 0.171. The fourth-order valence-electron chi connectivity index (χ4n) is 4.83. The number of methoxy groups -OCH3 is 1. The molecule has 4 aromatic carbocycles. The van der Waals surface area contributed by atoms with Crippen molar-refractivity contribution in [2.75, 3.05) is 17.7 Å². The third-order valence-electron chi connectivity index (χ3n) is 7.56. The summed E-state index contributed by atoms with van der Waals surface area (Å²) in [6.07, 6.45) is 2.39. The molecule has 9 heteroatoms. The monoisotopic (exact) mass is 591 g/mol. The number of nitrogens with zero attached hydrogens (tertiary/aromatic N) is 1. The average Bonchev–Trinajstić information content (AvgIpc) is 3.85. The Kier molecular flexibility index (Phi) is 7.85. The topological polar surface area (TPSA) is 98.8 Å². The van der Waals surface area contributed by atoms with Gasteiger partial charge in [0.15, 0.2) is 23.1 Å². The lowest BCUT2D eigenvalue weighted by atomic mass is 10.0. The average molecular weight is 592 g/mol. The van der Waals surface area contributed by atoms with E-state index < -0.39 is 17.1 Å². The second-order valence-electron chi connectivity index (χ2n) is 10.7. The quantitative estimate of drug-likeness (QED) is 0.164. The number of ether oxygens (including phenoxy) is 3. The Hall–Kier alpha value is -5.44. The molecular weight excluding hydrogens is 561 g/mol. The first-order chi connectivity index (χ1) is 21.3. The molecule has 1 aliphatic rings. The second kappa shape index (κ2) is 12.0. The number of anilines is 2. The van der Waals surface area contributed by atoms with Gasteiger partial charge >= 0.3 is 0 Å². The van der Waals surface area contributed by atoms with E-state index in [2.05, 4.69) is 15.6 Å². The molecule has 0 atom stereocenters. The Balaban J connectivity index is 1.15. The number of rotatable bonds is 10. The number of hydrogen-bond donors (Lipinski definition) is 2. The highest BCUT2D eigenvalue weighted by atomic mass is 19.1. The van der Waals surface area contributed by atoms with Crippen LogP contribution in [0.1, 0.15) is 24.0 Å². The highest BCUT2D eigenvalue weighted by Crippen LogP contribution is 2.47. The predicted molar refractivity (Wildman–Crippen MR) is 166 cm³/mol. The first-order valence-electron chi connectivity index (χ1n) is 14.1. The van der Waals surface area contributed by atoms with Crippen LogP contribution in [0.25, 0.3) is 10.9 Å². The Morgan fingerprint density at radius 3 is 2.20 bits per heavy atom. The maximum absolute atomic E-state index is 15.2. The van der Waals surface area contributed by atoms with Gasteiger partial charge in [-0.25, -0.2) is 4.39 Å². The van der Waals surface area contributed by atoms with Crippen LogP contribution in [-0.4, -0.2) is 23.9 Å². The highest BCUT2D eigenvalue weighted by Gasteiger charge is 2.56. The number of aryl methyl sites for hydroxylation is 1. The molecule has 1 aromatic heterocycles. The van der Waals surface area contributed by atoms with Crippen LogP contribution < -0.4 is 24.8 Å². The van der Waals surface area contributed by atoms with Crippen LogP contribution in [0.3, 0.4) is 0 Å². The Labute approximate surface area is 253 Å². The lowest BCUT2D eigenvalue weighted by molar-refractivity contribution is -0.131. The van der Waals surface area contributed by atoms with E-state index in [0.29, 0.717) is 53.3 Å². The minimum Gasteiger partial charge on any atom is -0.493 e. The number of halogens is 1. The Morgan fingerprint density at radius 1 is 0.818 bits per heavy atom. The number of nitrogens with one attached hydrogen (secondary N) is 2. The molecule has 222 valence electrons. The van der Waals surface area contributed by atoms with E-state index in [1.807, 2.05) is 49.4 Å². The smallest absolute Gasteiger partial charge is 0.240 e. The molecule has 8 nitrogen and oxygen atoms in total. The third-order valence-corrected chi connectivity index (χ3v) is 7.56. The van der Waals surface area contributed by atoms with E-state index in [9.17, 15) is 9.59 Å². The standard InChI is InChI=1S/C35H30FN3O5/c1-22-8-10-24(11-9-22)38-33(40)35(15-16-35)34(41)39-25-12-13-30(27(36)18-25)44-29-14-17-37-28-20-32(31(42-2)19-26(28)29)43-21-23-6-4-3-5-7-23/h3-14,17-20H,15-16,21H2,1-2H3,(H,38,40)(H,39,41). The summed E-state index contributed by atoms with van der Waals surface area (Å²) in [5.74, 6) is -0.233. The van der Waals surface area contributed by atoms with Crippen molar-refractivity contribution in [3.63, 3.8) is 0 Å². The van der Waals surface area contributed by atoms with Crippen LogP contribution in [-0.2, 0) is 16.2 Å². The molecule has 0 bridgehead atoms. The highest BCUT2D eigenvalue weighted by molar-refractivity contribution is 6.16. The minimum absolute atomic E-state index is 0.0443. The van der Waals surface area contributed by atoms with E-state index in [4.69, 9.17) is 14.2 Å². The molecule has 0 aliphatic heterocycles. The molecule has 44 heavy (non-hydrogen) atoms. The van der Waals surface area contributed by atoms with E-state index >= 15 is 4.39 Å². The van der Waals surface area contributed by atoms with Gasteiger partial charge in [0.1, 0.15) is 17.8 Å². The summed E-state index contributed by atoms with van der Waals surface area (Å²) in [7, 11) is 1.54. The van der Waals surface area contributed by atoms with Gasteiger partial charge in [0, 0.05) is 35.1 Å². The molecule has 1 saturated carbocycles. The molecule has 1 heterocycles. The molecule has 0 unspecified atom stereocenters. The van der Waals surface area contributed by atoms with Gasteiger partial charge < -0.3 is 24.8 Å². The van der Waals surface area contributed by atoms with Crippen molar-refractivity contribution in [3.8, 4) is 23.0 Å². The summed E-state index contributed by atoms with van der Waals surface area (Å²) in [6, 6.07) is 26.3. The fourth-order valence-corrected chi connectivity index (χ4v) is 4.83. The first-order valence-corrected chi connectivity index (χ1v) is 14.1. The summed E-state index contributed by atoms with van der Waals surface area (Å²) in [5.41, 5.74) is 2.29. The lowest BCUT2D eigenvalue weighted by Gasteiger charge is -2.16. The van der Waals surface area contributed by atoms with E-state index in [-0.39, 0.29) is 17.3 Å². The molecule has 2 N–H and O–H groups in total. The lowest BCUT2D eigenvalue weighted by Crippen LogP contribution is -2.35. The zero-order chi connectivity index (χ0) is 30.7. The van der Waals surface area contributed by atoms with Crippen molar-refractivity contribution in [1.29, 1.82) is 0 Å². The third kappa shape index (κ3) is 6.03. The number of fused-ring (bicyclic) bond motifs is 1. The van der Waals surface area contributed by atoms with Crippen molar-refractivity contribution in [1.82, 2.24) is 4.98 Å². The summed E-state index contributed by atoms with van der Waals surface area (Å²) < 4.78 is 32.7. The minimum atomic E-state index is -1.19. The zero-order valence-electron chi connectivity index (χ0n) is 24.2. The summed E-state index contributed by atoms with van der Waals surface area (Å²) in [4.78, 5) is 30.4. The number of hydrogen-bond acceptors (Lipinski definition) is 6. The van der Waals surface area contributed by atoms with Crippen LogP contribution >= 0.6 is 0 Å². The molecule has 0 spiro atoms. The number of carbonyl (C=O) groups is 2. The number of benzene rings is 4. The first kappa shape index (κ1) is 28.7.